The number of benzene rings is 1. The van der Waals surface area contributed by atoms with E-state index in [4.69, 9.17) is 40.5 Å². The van der Waals surface area contributed by atoms with Crippen LogP contribution in [0.3, 0.4) is 0 Å². The smallest absolute Gasteiger partial charge is 0.256 e. The summed E-state index contributed by atoms with van der Waals surface area (Å²) < 4.78 is 17.4. The van der Waals surface area contributed by atoms with Gasteiger partial charge in [0.15, 0.2) is 11.0 Å². The molecule has 0 bridgehead atoms. The molecule has 1 aliphatic heterocycles. The summed E-state index contributed by atoms with van der Waals surface area (Å²) in [5, 5.41) is 8.69. The standard InChI is InChI=1S/C24H14Cl3FN8O/c25-12-1-4-16(35-10-18(26)33-34-35)15(9-12)11-7-13-2-5-17(36(13)20(37)8-11)24-31-21(22(27)32-24)14-3-6-19(29)30-23(14)28/h1,3-10H,2H2,(H2,29,30)(H,31,32). The fraction of sp³-hybridized carbons (Fsp3) is 0.0417. The molecule has 0 spiro atoms. The zero-order chi connectivity index (χ0) is 25.8. The van der Waals surface area contributed by atoms with E-state index in [1.807, 2.05) is 12.1 Å². The maximum Gasteiger partial charge on any atom is 0.256 e. The van der Waals surface area contributed by atoms with Crippen LogP contribution in [0.2, 0.25) is 15.3 Å². The molecule has 1 aliphatic rings. The number of imidazole rings is 1. The quantitative estimate of drug-likeness (QED) is 0.301. The lowest BCUT2D eigenvalue weighted by atomic mass is 10.0. The van der Waals surface area contributed by atoms with Gasteiger partial charge in [0.05, 0.1) is 23.1 Å². The third-order valence-electron chi connectivity index (χ3n) is 5.86. The van der Waals surface area contributed by atoms with Crippen LogP contribution in [0.1, 0.15) is 11.5 Å². The minimum absolute atomic E-state index is 0.0395. The average Bonchev–Trinajstić information content (AvgIpc) is 3.57. The number of nitrogens with two attached hydrogens (primary N) is 1. The van der Waals surface area contributed by atoms with Gasteiger partial charge in [0.25, 0.3) is 5.56 Å². The van der Waals surface area contributed by atoms with Crippen LogP contribution in [-0.4, -0.2) is 34.5 Å². The Morgan fingerprint density at radius 1 is 1.03 bits per heavy atom. The lowest BCUT2D eigenvalue weighted by Crippen LogP contribution is -2.20. The second kappa shape index (κ2) is 8.84. The van der Waals surface area contributed by atoms with Gasteiger partial charge in [0, 0.05) is 28.8 Å². The van der Waals surface area contributed by atoms with Crippen molar-refractivity contribution in [1.29, 1.82) is 0 Å². The van der Waals surface area contributed by atoms with Gasteiger partial charge in [0.2, 0.25) is 5.95 Å². The summed E-state index contributed by atoms with van der Waals surface area (Å²) in [6, 6.07) is 11.5. The average molecular weight is 556 g/mol. The van der Waals surface area contributed by atoms with Crippen LogP contribution in [0.5, 0.6) is 0 Å². The van der Waals surface area contributed by atoms with E-state index in [2.05, 4.69) is 25.3 Å². The highest BCUT2D eigenvalue weighted by Crippen LogP contribution is 2.34. The third-order valence-corrected chi connectivity index (χ3v) is 6.55. The summed E-state index contributed by atoms with van der Waals surface area (Å²) in [4.78, 5) is 24.4. The number of hydrogen-bond donors (Lipinski definition) is 2. The van der Waals surface area contributed by atoms with Gasteiger partial charge < -0.3 is 10.7 Å². The first-order valence-corrected chi connectivity index (χ1v) is 11.9. The lowest BCUT2D eigenvalue weighted by molar-refractivity contribution is 0.589. The molecule has 13 heteroatoms. The van der Waals surface area contributed by atoms with Gasteiger partial charge in [-0.05, 0) is 42.0 Å². The van der Waals surface area contributed by atoms with Crippen LogP contribution in [0.25, 0.3) is 33.8 Å². The van der Waals surface area contributed by atoms with Crippen molar-refractivity contribution in [3.8, 4) is 28.1 Å². The van der Waals surface area contributed by atoms with Crippen LogP contribution in [0.4, 0.5) is 10.2 Å². The number of allylic oxidation sites excluding steroid dienone is 1. The van der Waals surface area contributed by atoms with Gasteiger partial charge in [-0.3, -0.25) is 9.36 Å². The molecule has 5 aromatic rings. The predicted molar refractivity (Wildman–Crippen MR) is 139 cm³/mol. The third kappa shape index (κ3) is 4.08. The van der Waals surface area contributed by atoms with Crippen molar-refractivity contribution in [2.24, 2.45) is 0 Å². The molecule has 9 nitrogen and oxygen atoms in total. The maximum atomic E-state index is 14.4. The number of halogens is 4. The second-order valence-corrected chi connectivity index (χ2v) is 9.37. The number of aromatic nitrogens is 7. The van der Waals surface area contributed by atoms with E-state index in [-0.39, 0.29) is 32.9 Å². The topological polar surface area (TPSA) is 120 Å². The molecule has 0 radical (unpaired) electrons. The molecule has 37 heavy (non-hydrogen) atoms. The highest BCUT2D eigenvalue weighted by atomic mass is 35.5. The highest BCUT2D eigenvalue weighted by molar-refractivity contribution is 6.32. The Labute approximate surface area is 223 Å². The zero-order valence-electron chi connectivity index (χ0n) is 18.6. The molecular formula is C24H14Cl3FN8O. The number of rotatable bonds is 4. The summed E-state index contributed by atoms with van der Waals surface area (Å²) in [6.45, 7) is 0. The molecule has 0 saturated carbocycles. The summed E-state index contributed by atoms with van der Waals surface area (Å²) in [7, 11) is 0. The minimum atomic E-state index is -0.798. The SMILES string of the molecule is Nc1ccc(-c2nc(C3=CCc4cc(-c5cc(Cl)ccc5-n5cc(Cl)nn5)cc(=O)n43)[nH]c2Cl)c(F)n1. The predicted octanol–water partition coefficient (Wildman–Crippen LogP) is 5.01. The number of fused-ring (bicyclic) bond motifs is 1. The maximum absolute atomic E-state index is 14.4. The van der Waals surface area contributed by atoms with Crippen molar-refractivity contribution in [2.45, 2.75) is 6.42 Å². The molecule has 0 amide bonds. The molecule has 0 saturated heterocycles. The fourth-order valence-electron chi connectivity index (χ4n) is 4.28. The molecule has 0 atom stereocenters. The molecule has 0 fully saturated rings. The molecule has 3 N–H and O–H groups in total. The van der Waals surface area contributed by atoms with Crippen LogP contribution in [0.15, 0.2) is 59.5 Å². The minimum Gasteiger partial charge on any atom is -0.384 e. The van der Waals surface area contributed by atoms with Crippen LogP contribution < -0.4 is 11.3 Å². The Morgan fingerprint density at radius 2 is 1.86 bits per heavy atom. The van der Waals surface area contributed by atoms with E-state index in [1.165, 1.54) is 27.4 Å². The Morgan fingerprint density at radius 3 is 2.62 bits per heavy atom. The van der Waals surface area contributed by atoms with Gasteiger partial charge >= 0.3 is 0 Å². The summed E-state index contributed by atoms with van der Waals surface area (Å²) >= 11 is 18.6. The van der Waals surface area contributed by atoms with E-state index in [1.54, 1.807) is 24.4 Å². The molecular weight excluding hydrogens is 542 g/mol. The molecule has 184 valence electrons. The summed E-state index contributed by atoms with van der Waals surface area (Å²) in [6.07, 6.45) is 3.86. The van der Waals surface area contributed by atoms with Gasteiger partial charge in [0.1, 0.15) is 16.7 Å². The van der Waals surface area contributed by atoms with Crippen LogP contribution in [0, 0.1) is 5.95 Å². The van der Waals surface area contributed by atoms with Crippen molar-refractivity contribution in [3.63, 3.8) is 0 Å². The van der Waals surface area contributed by atoms with Crippen LogP contribution in [-0.2, 0) is 6.42 Å². The van der Waals surface area contributed by atoms with Crippen molar-refractivity contribution in [1.82, 2.24) is 34.5 Å². The second-order valence-electron chi connectivity index (χ2n) is 8.17. The zero-order valence-corrected chi connectivity index (χ0v) is 20.9. The number of nitrogen functional groups attached to an aromatic ring is 1. The number of hydrogen-bond acceptors (Lipinski definition) is 6. The van der Waals surface area contributed by atoms with E-state index < -0.39 is 5.95 Å². The largest absolute Gasteiger partial charge is 0.384 e. The molecule has 0 unspecified atom stereocenters. The molecule has 5 heterocycles. The molecule has 6 rings (SSSR count). The van der Waals surface area contributed by atoms with Gasteiger partial charge in [-0.25, -0.2) is 14.6 Å². The number of H-pyrrole nitrogens is 1. The van der Waals surface area contributed by atoms with Crippen molar-refractivity contribution < 1.29 is 4.39 Å². The number of pyridine rings is 2. The molecule has 0 aliphatic carbocycles. The van der Waals surface area contributed by atoms with E-state index in [0.29, 0.717) is 39.8 Å². The highest BCUT2D eigenvalue weighted by Gasteiger charge is 2.24. The van der Waals surface area contributed by atoms with Crippen molar-refractivity contribution in [3.05, 3.63) is 97.9 Å². The lowest BCUT2D eigenvalue weighted by Gasteiger charge is -2.13. The Balaban J connectivity index is 1.42. The number of nitrogens with zero attached hydrogens (tertiary/aromatic N) is 6. The van der Waals surface area contributed by atoms with E-state index in [0.717, 1.165) is 5.69 Å². The van der Waals surface area contributed by atoms with E-state index >= 15 is 0 Å². The van der Waals surface area contributed by atoms with Gasteiger partial charge in [-0.1, -0.05) is 46.1 Å². The fourth-order valence-corrected chi connectivity index (χ4v) is 4.81. The number of aromatic amines is 1. The number of anilines is 1. The van der Waals surface area contributed by atoms with Crippen LogP contribution >= 0.6 is 34.8 Å². The monoisotopic (exact) mass is 554 g/mol. The first kappa shape index (κ1) is 23.4. The first-order valence-electron chi connectivity index (χ1n) is 10.8. The van der Waals surface area contributed by atoms with Gasteiger partial charge in [-0.15, -0.1) is 5.10 Å². The molecule has 4 aromatic heterocycles. The number of nitrogens with one attached hydrogen (secondary N) is 1. The molecule has 1 aromatic carbocycles. The van der Waals surface area contributed by atoms with E-state index in [9.17, 15) is 9.18 Å². The van der Waals surface area contributed by atoms with Crippen molar-refractivity contribution >= 4 is 46.3 Å². The Hall–Kier alpha value is -3.99. The summed E-state index contributed by atoms with van der Waals surface area (Å²) in [5.74, 6) is -0.447. The first-order chi connectivity index (χ1) is 17.8. The van der Waals surface area contributed by atoms with Crippen molar-refractivity contribution in [2.75, 3.05) is 5.73 Å². The normalized spacial score (nSPS) is 12.6. The Kier molecular flexibility index (Phi) is 5.59. The Bertz CT molecular complexity index is 1810. The summed E-state index contributed by atoms with van der Waals surface area (Å²) in [5.41, 5.74) is 8.69. The van der Waals surface area contributed by atoms with Gasteiger partial charge in [-0.2, -0.15) is 4.39 Å².